The first-order chi connectivity index (χ1) is 9.65. The van der Waals surface area contributed by atoms with E-state index in [9.17, 15) is 9.59 Å². The Bertz CT molecular complexity index is 507. The van der Waals surface area contributed by atoms with E-state index in [2.05, 4.69) is 0 Å². The molecule has 1 aromatic rings. The van der Waals surface area contributed by atoms with Crippen molar-refractivity contribution in [1.29, 1.82) is 0 Å². The van der Waals surface area contributed by atoms with E-state index in [-0.39, 0.29) is 17.9 Å². The van der Waals surface area contributed by atoms with Gasteiger partial charge in [0.05, 0.1) is 25.2 Å². The molecule has 0 amide bonds. The van der Waals surface area contributed by atoms with Crippen LogP contribution in [0.1, 0.15) is 41.3 Å². The largest absolute Gasteiger partial charge is 0.465 e. The van der Waals surface area contributed by atoms with Gasteiger partial charge in [-0.1, -0.05) is 13.0 Å². The summed E-state index contributed by atoms with van der Waals surface area (Å²) in [5, 5.41) is 0. The molecule has 1 unspecified atom stereocenters. The van der Waals surface area contributed by atoms with E-state index in [1.165, 1.54) is 7.11 Å². The average Bonchev–Trinajstić information content (AvgIpc) is 2.50. The van der Waals surface area contributed by atoms with Crippen molar-refractivity contribution in [2.45, 2.75) is 32.6 Å². The quantitative estimate of drug-likeness (QED) is 0.793. The Morgan fingerprint density at radius 1 is 1.30 bits per heavy atom. The molecule has 1 aromatic carbocycles. The molecule has 108 valence electrons. The molecule has 0 fully saturated rings. The van der Waals surface area contributed by atoms with Crippen molar-refractivity contribution >= 4 is 11.9 Å². The van der Waals surface area contributed by atoms with E-state index in [0.717, 1.165) is 30.4 Å². The third-order valence-corrected chi connectivity index (χ3v) is 3.64. The summed E-state index contributed by atoms with van der Waals surface area (Å²) in [6, 6.07) is 5.54. The fraction of sp³-hybridized carbons (Fsp3) is 0.500. The normalized spacial score (nSPS) is 17.2. The number of hydrogen-bond donors (Lipinski definition) is 0. The Morgan fingerprint density at radius 2 is 2.10 bits per heavy atom. The van der Waals surface area contributed by atoms with Crippen molar-refractivity contribution in [2.75, 3.05) is 13.7 Å². The van der Waals surface area contributed by atoms with Crippen molar-refractivity contribution in [3.63, 3.8) is 0 Å². The van der Waals surface area contributed by atoms with E-state index in [1.807, 2.05) is 19.1 Å². The molecule has 4 heteroatoms. The second-order valence-electron chi connectivity index (χ2n) is 5.08. The standard InChI is InChI=1S/C16H20O4/c1-3-8-20-16(18)14-7-5-11-9-13(15(17)19-2)6-4-12(11)10-14/h4,6,9,14H,3,5,7-8,10H2,1-2H3. The van der Waals surface area contributed by atoms with Crippen LogP contribution in [0.3, 0.4) is 0 Å². The number of carbonyl (C=O) groups is 2. The zero-order chi connectivity index (χ0) is 14.5. The minimum atomic E-state index is -0.322. The molecule has 0 bridgehead atoms. The van der Waals surface area contributed by atoms with Crippen LogP contribution in [0.15, 0.2) is 18.2 Å². The summed E-state index contributed by atoms with van der Waals surface area (Å²) in [4.78, 5) is 23.4. The monoisotopic (exact) mass is 276 g/mol. The third kappa shape index (κ3) is 3.18. The maximum absolute atomic E-state index is 11.9. The first kappa shape index (κ1) is 14.6. The molecule has 2 rings (SSSR count). The van der Waals surface area contributed by atoms with E-state index >= 15 is 0 Å². The highest BCUT2D eigenvalue weighted by Gasteiger charge is 2.26. The Labute approximate surface area is 119 Å². The van der Waals surface area contributed by atoms with Gasteiger partial charge in [-0.15, -0.1) is 0 Å². The lowest BCUT2D eigenvalue weighted by Gasteiger charge is -2.23. The summed E-state index contributed by atoms with van der Waals surface area (Å²) in [6.45, 7) is 2.47. The molecule has 1 atom stereocenters. The van der Waals surface area contributed by atoms with Crippen molar-refractivity contribution in [3.8, 4) is 0 Å². The van der Waals surface area contributed by atoms with Gasteiger partial charge in [0, 0.05) is 0 Å². The van der Waals surface area contributed by atoms with Gasteiger partial charge in [-0.05, 0) is 48.9 Å². The number of methoxy groups -OCH3 is 1. The molecular weight excluding hydrogens is 256 g/mol. The molecule has 0 N–H and O–H groups in total. The maximum atomic E-state index is 11.9. The Kier molecular flexibility index (Phi) is 4.77. The number of hydrogen-bond acceptors (Lipinski definition) is 4. The molecule has 0 saturated heterocycles. The van der Waals surface area contributed by atoms with Crippen molar-refractivity contribution in [1.82, 2.24) is 0 Å². The smallest absolute Gasteiger partial charge is 0.337 e. The number of rotatable bonds is 4. The Hall–Kier alpha value is -1.84. The molecule has 0 radical (unpaired) electrons. The van der Waals surface area contributed by atoms with Crippen LogP contribution < -0.4 is 0 Å². The summed E-state index contributed by atoms with van der Waals surface area (Å²) in [5.74, 6) is -0.482. The van der Waals surface area contributed by atoms with Crippen LogP contribution >= 0.6 is 0 Å². The van der Waals surface area contributed by atoms with E-state index in [1.54, 1.807) is 6.07 Å². The van der Waals surface area contributed by atoms with Crippen LogP contribution in [0.5, 0.6) is 0 Å². The zero-order valence-corrected chi connectivity index (χ0v) is 12.0. The first-order valence-electron chi connectivity index (χ1n) is 7.02. The van der Waals surface area contributed by atoms with Gasteiger partial charge >= 0.3 is 11.9 Å². The molecule has 4 nitrogen and oxygen atoms in total. The van der Waals surface area contributed by atoms with Gasteiger partial charge in [0.2, 0.25) is 0 Å². The van der Waals surface area contributed by atoms with E-state index in [4.69, 9.17) is 9.47 Å². The third-order valence-electron chi connectivity index (χ3n) is 3.64. The van der Waals surface area contributed by atoms with Gasteiger partial charge in [0.25, 0.3) is 0 Å². The SMILES string of the molecule is CCCOC(=O)C1CCc2cc(C(=O)OC)ccc2C1. The predicted octanol–water partition coefficient (Wildman–Crippen LogP) is 2.53. The topological polar surface area (TPSA) is 52.6 Å². The first-order valence-corrected chi connectivity index (χ1v) is 7.02. The number of ether oxygens (including phenoxy) is 2. The lowest BCUT2D eigenvalue weighted by molar-refractivity contribution is -0.148. The van der Waals surface area contributed by atoms with Gasteiger partial charge < -0.3 is 9.47 Å². The summed E-state index contributed by atoms with van der Waals surface area (Å²) >= 11 is 0. The Balaban J connectivity index is 2.08. The fourth-order valence-corrected chi connectivity index (χ4v) is 2.52. The molecule has 1 aliphatic rings. The van der Waals surface area contributed by atoms with E-state index in [0.29, 0.717) is 18.6 Å². The lowest BCUT2D eigenvalue weighted by atomic mass is 9.83. The highest BCUT2D eigenvalue weighted by atomic mass is 16.5. The molecule has 20 heavy (non-hydrogen) atoms. The number of esters is 2. The number of aryl methyl sites for hydroxylation is 1. The minimum Gasteiger partial charge on any atom is -0.465 e. The second kappa shape index (κ2) is 6.55. The molecule has 0 saturated carbocycles. The van der Waals surface area contributed by atoms with Crippen molar-refractivity contribution < 1.29 is 19.1 Å². The maximum Gasteiger partial charge on any atom is 0.337 e. The molecule has 0 spiro atoms. The summed E-state index contributed by atoms with van der Waals surface area (Å²) in [6.07, 6.45) is 3.11. The highest BCUT2D eigenvalue weighted by Crippen LogP contribution is 2.27. The molecular formula is C16H20O4. The lowest BCUT2D eigenvalue weighted by Crippen LogP contribution is -2.25. The van der Waals surface area contributed by atoms with Crippen LogP contribution in [0, 0.1) is 5.92 Å². The van der Waals surface area contributed by atoms with E-state index < -0.39 is 0 Å². The molecule has 0 heterocycles. The van der Waals surface area contributed by atoms with Crippen molar-refractivity contribution in [2.24, 2.45) is 5.92 Å². The Morgan fingerprint density at radius 3 is 2.80 bits per heavy atom. The van der Waals surface area contributed by atoms with Gasteiger partial charge in [-0.3, -0.25) is 4.79 Å². The number of fused-ring (bicyclic) bond motifs is 1. The number of carbonyl (C=O) groups excluding carboxylic acids is 2. The summed E-state index contributed by atoms with van der Waals surface area (Å²) < 4.78 is 9.93. The fourth-order valence-electron chi connectivity index (χ4n) is 2.52. The van der Waals surface area contributed by atoms with Crippen LogP contribution in [-0.2, 0) is 27.1 Å². The van der Waals surface area contributed by atoms with Crippen LogP contribution in [-0.4, -0.2) is 25.7 Å². The van der Waals surface area contributed by atoms with Crippen molar-refractivity contribution in [3.05, 3.63) is 34.9 Å². The van der Waals surface area contributed by atoms with Gasteiger partial charge in [-0.2, -0.15) is 0 Å². The van der Waals surface area contributed by atoms with Crippen LogP contribution in [0.2, 0.25) is 0 Å². The summed E-state index contributed by atoms with van der Waals surface area (Å²) in [7, 11) is 1.38. The molecule has 0 aliphatic heterocycles. The van der Waals surface area contributed by atoms with Gasteiger partial charge in [0.15, 0.2) is 0 Å². The molecule has 1 aliphatic carbocycles. The van der Waals surface area contributed by atoms with Gasteiger partial charge in [0.1, 0.15) is 0 Å². The summed E-state index contributed by atoms with van der Waals surface area (Å²) in [5.41, 5.74) is 2.83. The molecule has 0 aromatic heterocycles. The number of benzene rings is 1. The zero-order valence-electron chi connectivity index (χ0n) is 12.0. The second-order valence-corrected chi connectivity index (χ2v) is 5.08. The van der Waals surface area contributed by atoms with Crippen LogP contribution in [0.4, 0.5) is 0 Å². The minimum absolute atomic E-state index is 0.0574. The van der Waals surface area contributed by atoms with Crippen LogP contribution in [0.25, 0.3) is 0 Å². The highest BCUT2D eigenvalue weighted by molar-refractivity contribution is 5.89. The van der Waals surface area contributed by atoms with Gasteiger partial charge in [-0.25, -0.2) is 4.79 Å². The average molecular weight is 276 g/mol. The predicted molar refractivity (Wildman–Crippen MR) is 74.5 cm³/mol.